The van der Waals surface area contributed by atoms with E-state index >= 15 is 0 Å². The van der Waals surface area contributed by atoms with Crippen molar-refractivity contribution in [2.45, 2.75) is 40.3 Å². The van der Waals surface area contributed by atoms with E-state index in [0.29, 0.717) is 25.2 Å². The second kappa shape index (κ2) is 10.8. The highest BCUT2D eigenvalue weighted by Crippen LogP contribution is 2.18. The number of carbonyl (C=O) groups excluding carboxylic acids is 2. The zero-order valence-electron chi connectivity index (χ0n) is 16.3. The maximum absolute atomic E-state index is 12.6. The number of ether oxygens (including phenoxy) is 1. The molecule has 28 heavy (non-hydrogen) atoms. The lowest BCUT2D eigenvalue weighted by Crippen LogP contribution is -2.32. The van der Waals surface area contributed by atoms with Crippen molar-refractivity contribution in [3.63, 3.8) is 0 Å². The number of nitrogens with zero attached hydrogens (tertiary/aromatic N) is 3. The molecule has 1 amide bonds. The third-order valence-electron chi connectivity index (χ3n) is 4.09. The Bertz CT molecular complexity index is 776. The van der Waals surface area contributed by atoms with E-state index in [0.717, 1.165) is 11.3 Å². The first-order chi connectivity index (χ1) is 13.4. The molecule has 0 spiro atoms. The van der Waals surface area contributed by atoms with Crippen LogP contribution in [0.15, 0.2) is 30.5 Å². The number of hydrogen-bond acceptors (Lipinski definition) is 6. The minimum atomic E-state index is -0.819. The molecule has 9 heteroatoms. The van der Waals surface area contributed by atoms with Gasteiger partial charge in [0.1, 0.15) is 5.92 Å². The van der Waals surface area contributed by atoms with Gasteiger partial charge < -0.3 is 10.1 Å². The fourth-order valence-corrected chi connectivity index (χ4v) is 2.87. The lowest BCUT2D eigenvalue weighted by Gasteiger charge is -2.17. The molecule has 0 fully saturated rings. The number of esters is 1. The van der Waals surface area contributed by atoms with Crippen LogP contribution in [0.1, 0.15) is 38.4 Å². The highest BCUT2D eigenvalue weighted by atomic mass is 35.5. The first kappa shape index (κ1) is 21.8. The van der Waals surface area contributed by atoms with Crippen molar-refractivity contribution in [1.29, 1.82) is 0 Å². The van der Waals surface area contributed by atoms with Crippen molar-refractivity contribution < 1.29 is 14.3 Å². The molecule has 0 aliphatic carbocycles. The molecule has 0 aliphatic rings. The van der Waals surface area contributed by atoms with Crippen LogP contribution in [0.4, 0.5) is 5.69 Å². The lowest BCUT2D eigenvalue weighted by molar-refractivity contribution is -0.151. The molecule has 0 saturated heterocycles. The molecule has 0 bridgehead atoms. The number of hydrogen-bond donors (Lipinski definition) is 2. The van der Waals surface area contributed by atoms with Gasteiger partial charge in [0, 0.05) is 5.69 Å². The summed E-state index contributed by atoms with van der Waals surface area (Å²) >= 11 is 5.54. The van der Waals surface area contributed by atoms with E-state index in [4.69, 9.17) is 16.5 Å². The number of nitrogens with one attached hydrogen (secondary N) is 2. The van der Waals surface area contributed by atoms with Crippen LogP contribution < -0.4 is 10.2 Å². The summed E-state index contributed by atoms with van der Waals surface area (Å²) in [5.74, 6) is -1.47. The quantitative estimate of drug-likeness (QED) is 0.357. The van der Waals surface area contributed by atoms with Crippen LogP contribution >= 0.6 is 11.8 Å². The molecule has 1 heterocycles. The van der Waals surface area contributed by atoms with Gasteiger partial charge in [-0.25, -0.2) is 9.52 Å². The van der Waals surface area contributed by atoms with E-state index in [1.807, 2.05) is 26.0 Å². The number of aromatic nitrogens is 3. The van der Waals surface area contributed by atoms with Crippen molar-refractivity contribution in [3.8, 4) is 0 Å². The summed E-state index contributed by atoms with van der Waals surface area (Å²) < 4.78 is 6.78. The summed E-state index contributed by atoms with van der Waals surface area (Å²) in [6, 6.07) is 7.36. The van der Waals surface area contributed by atoms with Gasteiger partial charge in [0.05, 0.1) is 31.6 Å². The fraction of sp³-hybridized carbons (Fsp3) is 0.474. The van der Waals surface area contributed by atoms with Crippen LogP contribution in [0.25, 0.3) is 0 Å². The van der Waals surface area contributed by atoms with Crippen LogP contribution in [0, 0.1) is 11.8 Å². The SMILES string of the molecule is CCOC(=O)C(CC(C)C)C(=O)Nc1ccc(Cn2nncc2CNCl)cc1. The van der Waals surface area contributed by atoms with Gasteiger partial charge in [0.2, 0.25) is 5.91 Å². The van der Waals surface area contributed by atoms with Crippen molar-refractivity contribution in [2.24, 2.45) is 11.8 Å². The Kier molecular flexibility index (Phi) is 8.41. The van der Waals surface area contributed by atoms with Gasteiger partial charge in [-0.3, -0.25) is 9.59 Å². The van der Waals surface area contributed by atoms with Gasteiger partial charge in [-0.05, 0) is 48.7 Å². The number of halogens is 1. The first-order valence-corrected chi connectivity index (χ1v) is 9.59. The first-order valence-electron chi connectivity index (χ1n) is 9.21. The Balaban J connectivity index is 2.02. The summed E-state index contributed by atoms with van der Waals surface area (Å²) in [7, 11) is 0. The molecule has 1 atom stereocenters. The number of anilines is 1. The monoisotopic (exact) mass is 407 g/mol. The zero-order valence-corrected chi connectivity index (χ0v) is 17.1. The van der Waals surface area contributed by atoms with Gasteiger partial charge in [-0.1, -0.05) is 31.2 Å². The maximum Gasteiger partial charge on any atom is 0.318 e. The van der Waals surface area contributed by atoms with E-state index in [9.17, 15) is 9.59 Å². The van der Waals surface area contributed by atoms with E-state index < -0.39 is 11.9 Å². The van der Waals surface area contributed by atoms with Crippen LogP contribution in [-0.2, 0) is 27.4 Å². The van der Waals surface area contributed by atoms with E-state index in [1.54, 1.807) is 29.9 Å². The van der Waals surface area contributed by atoms with Crippen molar-refractivity contribution in [2.75, 3.05) is 11.9 Å². The Labute approximate surface area is 169 Å². The topological polar surface area (TPSA) is 98.1 Å². The van der Waals surface area contributed by atoms with Crippen molar-refractivity contribution in [1.82, 2.24) is 19.8 Å². The standard InChI is InChI=1S/C19H26ClN5O3/c1-4-28-19(27)17(9-13(2)3)18(26)23-15-7-5-14(6-8-15)12-25-16(10-21-20)11-22-24-25/h5-8,11,13,17,21H,4,9-10,12H2,1-3H3,(H,23,26). The molecule has 2 rings (SSSR count). The van der Waals surface area contributed by atoms with Gasteiger partial charge in [0.25, 0.3) is 0 Å². The highest BCUT2D eigenvalue weighted by Gasteiger charge is 2.28. The molecule has 0 aliphatic heterocycles. The van der Waals surface area contributed by atoms with Gasteiger partial charge in [-0.2, -0.15) is 0 Å². The molecule has 0 radical (unpaired) electrons. The zero-order chi connectivity index (χ0) is 20.5. The Hall–Kier alpha value is -2.45. The number of amides is 1. The summed E-state index contributed by atoms with van der Waals surface area (Å²) in [5.41, 5.74) is 2.47. The van der Waals surface area contributed by atoms with E-state index in [-0.39, 0.29) is 18.4 Å². The summed E-state index contributed by atoms with van der Waals surface area (Å²) in [6.45, 7) is 6.89. The van der Waals surface area contributed by atoms with Crippen molar-refractivity contribution in [3.05, 3.63) is 41.7 Å². The van der Waals surface area contributed by atoms with Crippen LogP contribution in [0.5, 0.6) is 0 Å². The summed E-state index contributed by atoms with van der Waals surface area (Å²) in [6.07, 6.45) is 2.08. The van der Waals surface area contributed by atoms with Crippen molar-refractivity contribution >= 4 is 29.3 Å². The second-order valence-corrected chi connectivity index (χ2v) is 7.08. The fourth-order valence-electron chi connectivity index (χ4n) is 2.74. The number of rotatable bonds is 10. The molecule has 8 nitrogen and oxygen atoms in total. The molecule has 2 aromatic rings. The minimum absolute atomic E-state index is 0.196. The van der Waals surface area contributed by atoms with E-state index in [1.165, 1.54) is 0 Å². The lowest BCUT2D eigenvalue weighted by atomic mass is 9.96. The number of carbonyl (C=O) groups is 2. The van der Waals surface area contributed by atoms with Crippen LogP contribution in [-0.4, -0.2) is 33.5 Å². The Morgan fingerprint density at radius 1 is 1.25 bits per heavy atom. The minimum Gasteiger partial charge on any atom is -0.465 e. The average molecular weight is 408 g/mol. The summed E-state index contributed by atoms with van der Waals surface area (Å²) in [5, 5.41) is 10.7. The molecule has 1 aromatic carbocycles. The molecular formula is C19H26ClN5O3. The summed E-state index contributed by atoms with van der Waals surface area (Å²) in [4.78, 5) is 27.2. The maximum atomic E-state index is 12.6. The van der Waals surface area contributed by atoms with Crippen LogP contribution in [0.2, 0.25) is 0 Å². The second-order valence-electron chi connectivity index (χ2n) is 6.81. The normalized spacial score (nSPS) is 12.0. The highest BCUT2D eigenvalue weighted by molar-refractivity contribution is 6.13. The smallest absolute Gasteiger partial charge is 0.318 e. The van der Waals surface area contributed by atoms with Gasteiger partial charge in [-0.15, -0.1) is 5.10 Å². The predicted molar refractivity (Wildman–Crippen MR) is 106 cm³/mol. The third kappa shape index (κ3) is 6.31. The molecule has 1 unspecified atom stereocenters. The molecular weight excluding hydrogens is 382 g/mol. The predicted octanol–water partition coefficient (Wildman–Crippen LogP) is 2.73. The third-order valence-corrected chi connectivity index (χ3v) is 4.23. The Morgan fingerprint density at radius 2 is 1.96 bits per heavy atom. The van der Waals surface area contributed by atoms with E-state index in [2.05, 4.69) is 20.5 Å². The molecule has 0 saturated carbocycles. The average Bonchev–Trinajstić information content (AvgIpc) is 3.08. The van der Waals surface area contributed by atoms with Crippen LogP contribution in [0.3, 0.4) is 0 Å². The molecule has 152 valence electrons. The largest absolute Gasteiger partial charge is 0.465 e. The number of benzene rings is 1. The molecule has 2 N–H and O–H groups in total. The van der Waals surface area contributed by atoms with Gasteiger partial charge in [0.15, 0.2) is 0 Å². The van der Waals surface area contributed by atoms with Gasteiger partial charge >= 0.3 is 5.97 Å². The molecule has 1 aromatic heterocycles. The Morgan fingerprint density at radius 3 is 2.57 bits per heavy atom.